The lowest BCUT2D eigenvalue weighted by atomic mass is 9.82. The second-order valence-electron chi connectivity index (χ2n) is 9.98. The minimum absolute atomic E-state index is 0.0189. The van der Waals surface area contributed by atoms with Gasteiger partial charge in [-0.25, -0.2) is 4.79 Å². The molecule has 33 heavy (non-hydrogen) atoms. The molecule has 1 aliphatic heterocycles. The van der Waals surface area contributed by atoms with Gasteiger partial charge in [0.05, 0.1) is 23.7 Å². The molecule has 2 fully saturated rings. The van der Waals surface area contributed by atoms with E-state index in [0.717, 1.165) is 36.1 Å². The Morgan fingerprint density at radius 3 is 2.45 bits per heavy atom. The van der Waals surface area contributed by atoms with Crippen LogP contribution in [0.1, 0.15) is 62.5 Å². The summed E-state index contributed by atoms with van der Waals surface area (Å²) in [7, 11) is 0. The zero-order valence-corrected chi connectivity index (χ0v) is 20.4. The molecular weight excluding hydrogens is 436 g/mol. The Morgan fingerprint density at radius 2 is 1.79 bits per heavy atom. The normalized spacial score (nSPS) is 20.0. The first-order chi connectivity index (χ1) is 15.8. The summed E-state index contributed by atoms with van der Waals surface area (Å²) in [6, 6.07) is 11.7. The van der Waals surface area contributed by atoms with Crippen LogP contribution in [0.25, 0.3) is 10.4 Å². The number of carbonyl (C=O) groups excluding carboxylic acids is 3. The van der Waals surface area contributed by atoms with Gasteiger partial charge in [0.1, 0.15) is 4.88 Å². The molecule has 7 heteroatoms. The summed E-state index contributed by atoms with van der Waals surface area (Å²) >= 11 is 1.28. The van der Waals surface area contributed by atoms with Gasteiger partial charge in [-0.2, -0.15) is 0 Å². The van der Waals surface area contributed by atoms with Crippen LogP contribution < -0.4 is 10.2 Å². The van der Waals surface area contributed by atoms with E-state index in [9.17, 15) is 14.4 Å². The molecule has 1 aromatic heterocycles. The number of benzene rings is 1. The van der Waals surface area contributed by atoms with Crippen LogP contribution in [0.4, 0.5) is 5.69 Å². The number of rotatable bonds is 4. The van der Waals surface area contributed by atoms with Crippen molar-refractivity contribution in [3.63, 3.8) is 0 Å². The fourth-order valence-electron chi connectivity index (χ4n) is 4.63. The van der Waals surface area contributed by atoms with Gasteiger partial charge in [-0.05, 0) is 51.2 Å². The average Bonchev–Trinajstić information content (AvgIpc) is 3.24. The zero-order chi connectivity index (χ0) is 23.6. The second kappa shape index (κ2) is 9.77. The lowest BCUT2D eigenvalue weighted by molar-refractivity contribution is -0.146. The van der Waals surface area contributed by atoms with Gasteiger partial charge in [0.15, 0.2) is 0 Å². The lowest BCUT2D eigenvalue weighted by Gasteiger charge is -2.42. The number of piperazine rings is 1. The Bertz CT molecular complexity index is 1020. The number of thiophene rings is 1. The smallest absolute Gasteiger partial charge is 0.358 e. The predicted octanol–water partition coefficient (Wildman–Crippen LogP) is 5.03. The minimum Gasteiger partial charge on any atom is -0.388 e. The number of nitrogens with one attached hydrogen (secondary N) is 1. The molecule has 0 unspecified atom stereocenters. The van der Waals surface area contributed by atoms with E-state index in [1.807, 2.05) is 41.3 Å². The lowest BCUT2D eigenvalue weighted by Crippen LogP contribution is -2.58. The molecule has 1 aliphatic carbocycles. The quantitative estimate of drug-likeness (QED) is 0.503. The van der Waals surface area contributed by atoms with Crippen molar-refractivity contribution < 1.29 is 19.1 Å². The highest BCUT2D eigenvalue weighted by atomic mass is 32.1. The Labute approximate surface area is 199 Å². The van der Waals surface area contributed by atoms with Gasteiger partial charge in [0, 0.05) is 11.4 Å². The van der Waals surface area contributed by atoms with Crippen LogP contribution in [0.2, 0.25) is 0 Å². The number of hydrogen-bond acceptors (Lipinski definition) is 6. The van der Waals surface area contributed by atoms with Gasteiger partial charge >= 0.3 is 11.9 Å². The summed E-state index contributed by atoms with van der Waals surface area (Å²) in [4.78, 5) is 41.9. The third-order valence-corrected chi connectivity index (χ3v) is 7.59. The predicted molar refractivity (Wildman–Crippen MR) is 130 cm³/mol. The first-order valence-corrected chi connectivity index (χ1v) is 12.6. The molecule has 1 aromatic carbocycles. The van der Waals surface area contributed by atoms with Crippen molar-refractivity contribution in [1.82, 2.24) is 5.32 Å². The fourth-order valence-corrected chi connectivity index (χ4v) is 5.66. The minimum atomic E-state index is -0.801. The van der Waals surface area contributed by atoms with Crippen LogP contribution in [-0.4, -0.2) is 37.0 Å². The Kier molecular flexibility index (Phi) is 7.00. The Morgan fingerprint density at radius 1 is 1.09 bits per heavy atom. The largest absolute Gasteiger partial charge is 0.388 e. The number of ether oxygens (including phenoxy) is 1. The summed E-state index contributed by atoms with van der Waals surface area (Å²) in [6.45, 7) is 6.07. The number of amides is 1. The number of anilines is 1. The molecule has 1 saturated heterocycles. The molecule has 0 bridgehead atoms. The molecule has 176 valence electrons. The van der Waals surface area contributed by atoms with Gasteiger partial charge < -0.3 is 15.0 Å². The number of nitrogens with zero attached hydrogens (tertiary/aromatic N) is 1. The molecule has 2 heterocycles. The van der Waals surface area contributed by atoms with Crippen LogP contribution in [0.5, 0.6) is 0 Å². The van der Waals surface area contributed by atoms with E-state index >= 15 is 0 Å². The third-order valence-electron chi connectivity index (χ3n) is 6.44. The highest BCUT2D eigenvalue weighted by Crippen LogP contribution is 2.41. The molecule has 0 spiro atoms. The van der Waals surface area contributed by atoms with Crippen molar-refractivity contribution in [2.45, 2.75) is 58.9 Å². The first kappa shape index (κ1) is 23.6. The molecule has 4 rings (SSSR count). The number of hydrogen-bond donors (Lipinski definition) is 1. The first-order valence-electron chi connectivity index (χ1n) is 11.7. The van der Waals surface area contributed by atoms with E-state index in [4.69, 9.17) is 4.74 Å². The summed E-state index contributed by atoms with van der Waals surface area (Å²) < 4.78 is 5.28. The van der Waals surface area contributed by atoms with Gasteiger partial charge in [0.2, 0.25) is 5.91 Å². The molecular formula is C26H32N2O4S. The fraction of sp³-hybridized carbons (Fsp3) is 0.500. The van der Waals surface area contributed by atoms with Gasteiger partial charge in [0.25, 0.3) is 0 Å². The zero-order valence-electron chi connectivity index (χ0n) is 19.6. The van der Waals surface area contributed by atoms with Crippen LogP contribution >= 0.6 is 11.3 Å². The molecule has 1 N–H and O–H groups in total. The summed E-state index contributed by atoms with van der Waals surface area (Å²) in [5.74, 6) is -0.935. The maximum atomic E-state index is 13.2. The standard InChI is InChI=1S/C26H32N2O4S/c1-26(2,3)25(31)32-24(30)23-19(14-21(33-23)18-12-8-5-9-13-18)28-20(15-27-16-22(28)29)17-10-6-4-7-11-17/h5,8-9,12-14,17,20,27H,4,6-7,10-11,15-16H2,1-3H3/t20-/m0/s1. The van der Waals surface area contributed by atoms with E-state index in [1.54, 1.807) is 20.8 Å². The van der Waals surface area contributed by atoms with Gasteiger partial charge in [-0.15, -0.1) is 11.3 Å². The van der Waals surface area contributed by atoms with Crippen LogP contribution in [0.3, 0.4) is 0 Å². The van der Waals surface area contributed by atoms with E-state index in [-0.39, 0.29) is 18.5 Å². The summed E-state index contributed by atoms with van der Waals surface area (Å²) in [5.41, 5.74) is 0.722. The Balaban J connectivity index is 1.75. The molecule has 2 aliphatic rings. The average molecular weight is 469 g/mol. The maximum absolute atomic E-state index is 13.2. The third kappa shape index (κ3) is 5.20. The number of carbonyl (C=O) groups is 3. The molecule has 1 atom stereocenters. The van der Waals surface area contributed by atoms with E-state index < -0.39 is 17.4 Å². The van der Waals surface area contributed by atoms with Crippen molar-refractivity contribution in [3.8, 4) is 10.4 Å². The van der Waals surface area contributed by atoms with Crippen LogP contribution in [0, 0.1) is 11.3 Å². The molecule has 6 nitrogen and oxygen atoms in total. The highest BCUT2D eigenvalue weighted by Gasteiger charge is 2.39. The van der Waals surface area contributed by atoms with Crippen molar-refractivity contribution in [2.24, 2.45) is 11.3 Å². The van der Waals surface area contributed by atoms with E-state index in [0.29, 0.717) is 23.0 Å². The SMILES string of the molecule is CC(C)(C)C(=O)OC(=O)c1sc(-c2ccccc2)cc1N1C(=O)CNC[C@H]1C1CCCCC1. The summed E-state index contributed by atoms with van der Waals surface area (Å²) in [5, 5.41) is 3.26. The molecule has 1 saturated carbocycles. The van der Waals surface area contributed by atoms with Crippen molar-refractivity contribution in [2.75, 3.05) is 18.0 Å². The molecule has 2 aromatic rings. The topological polar surface area (TPSA) is 75.7 Å². The van der Waals surface area contributed by atoms with Crippen molar-refractivity contribution in [1.29, 1.82) is 0 Å². The Hall–Kier alpha value is -2.51. The maximum Gasteiger partial charge on any atom is 0.358 e. The molecule has 0 radical (unpaired) electrons. The van der Waals surface area contributed by atoms with Gasteiger partial charge in [-0.3, -0.25) is 9.59 Å². The van der Waals surface area contributed by atoms with Crippen molar-refractivity contribution in [3.05, 3.63) is 41.3 Å². The van der Waals surface area contributed by atoms with E-state index in [1.165, 1.54) is 17.8 Å². The summed E-state index contributed by atoms with van der Waals surface area (Å²) in [6.07, 6.45) is 5.71. The highest BCUT2D eigenvalue weighted by molar-refractivity contribution is 7.18. The van der Waals surface area contributed by atoms with Crippen LogP contribution in [0.15, 0.2) is 36.4 Å². The monoisotopic (exact) mass is 468 g/mol. The van der Waals surface area contributed by atoms with Crippen molar-refractivity contribution >= 4 is 34.9 Å². The number of esters is 2. The van der Waals surface area contributed by atoms with Crippen LogP contribution in [-0.2, 0) is 14.3 Å². The second-order valence-corrected chi connectivity index (χ2v) is 11.0. The van der Waals surface area contributed by atoms with Gasteiger partial charge in [-0.1, -0.05) is 49.6 Å². The van der Waals surface area contributed by atoms with E-state index in [2.05, 4.69) is 5.32 Å². The molecule has 1 amide bonds.